The van der Waals surface area contributed by atoms with E-state index in [1.807, 2.05) is 12.1 Å². The third-order valence-corrected chi connectivity index (χ3v) is 5.68. The van der Waals surface area contributed by atoms with Crippen LogP contribution in [0.25, 0.3) is 0 Å². The van der Waals surface area contributed by atoms with Gasteiger partial charge in [0.25, 0.3) is 0 Å². The van der Waals surface area contributed by atoms with Crippen LogP contribution in [0.3, 0.4) is 0 Å². The highest BCUT2D eigenvalue weighted by Gasteiger charge is 2.07. The summed E-state index contributed by atoms with van der Waals surface area (Å²) in [6.45, 7) is 0.350. The summed E-state index contributed by atoms with van der Waals surface area (Å²) in [6.07, 6.45) is 0.210. The number of carbonyl (C=O) groups excluding carboxylic acids is 1. The van der Waals surface area contributed by atoms with E-state index in [2.05, 4.69) is 21.2 Å². The van der Waals surface area contributed by atoms with Crippen LogP contribution in [-0.4, -0.2) is 22.4 Å². The van der Waals surface area contributed by atoms with Crippen molar-refractivity contribution in [2.24, 2.45) is 0 Å². The largest absolute Gasteiger partial charge is 0.355 e. The zero-order valence-electron chi connectivity index (χ0n) is 12.0. The van der Waals surface area contributed by atoms with Gasteiger partial charge in [0.15, 0.2) is 0 Å². The number of rotatable bonds is 6. The van der Waals surface area contributed by atoms with Gasteiger partial charge in [0.2, 0.25) is 5.91 Å². The molecule has 7 heteroatoms. The summed E-state index contributed by atoms with van der Waals surface area (Å²) in [7, 11) is -1.14. The van der Waals surface area contributed by atoms with E-state index in [0.717, 1.165) is 14.9 Å². The molecule has 1 amide bonds. The van der Waals surface area contributed by atoms with Gasteiger partial charge in [-0.2, -0.15) is 0 Å². The molecule has 1 atom stereocenters. The van der Waals surface area contributed by atoms with Gasteiger partial charge in [0.05, 0.1) is 27.3 Å². The van der Waals surface area contributed by atoms with Gasteiger partial charge in [-0.3, -0.25) is 9.00 Å². The number of amides is 1. The molecule has 0 aliphatic carbocycles. The van der Waals surface area contributed by atoms with E-state index in [4.69, 9.17) is 23.2 Å². The van der Waals surface area contributed by atoms with Crippen molar-refractivity contribution < 1.29 is 9.00 Å². The van der Waals surface area contributed by atoms with Crippen molar-refractivity contribution in [3.8, 4) is 0 Å². The second-order valence-corrected chi connectivity index (χ2v) is 8.08. The summed E-state index contributed by atoms with van der Waals surface area (Å²) in [4.78, 5) is 12.6. The fraction of sp³-hybridized carbons (Fsp3) is 0.188. The Balaban J connectivity index is 1.79. The predicted octanol–water partition coefficient (Wildman–Crippen LogP) is 4.22. The Hall–Kier alpha value is -0.880. The quantitative estimate of drug-likeness (QED) is 0.739. The molecule has 2 rings (SSSR count). The molecule has 0 aliphatic rings. The maximum absolute atomic E-state index is 12.1. The van der Waals surface area contributed by atoms with Crippen molar-refractivity contribution in [1.82, 2.24) is 5.32 Å². The molecule has 23 heavy (non-hydrogen) atoms. The molecule has 122 valence electrons. The van der Waals surface area contributed by atoms with Crippen molar-refractivity contribution in [3.63, 3.8) is 0 Å². The first-order chi connectivity index (χ1) is 11.0. The molecule has 0 heterocycles. The van der Waals surface area contributed by atoms with Crippen LogP contribution in [0, 0.1) is 0 Å². The highest BCUT2D eigenvalue weighted by molar-refractivity contribution is 9.10. The lowest BCUT2D eigenvalue weighted by molar-refractivity contribution is -0.120. The molecular formula is C16H14BrCl2NO2S. The lowest BCUT2D eigenvalue weighted by Gasteiger charge is -2.06. The summed E-state index contributed by atoms with van der Waals surface area (Å²) in [6, 6.07) is 12.4. The molecule has 3 nitrogen and oxygen atoms in total. The smallest absolute Gasteiger partial charge is 0.224 e. The Bertz CT molecular complexity index is 723. The Kier molecular flexibility index (Phi) is 7.09. The van der Waals surface area contributed by atoms with Gasteiger partial charge in [0, 0.05) is 21.7 Å². The molecule has 0 saturated carbocycles. The maximum atomic E-state index is 12.1. The average molecular weight is 435 g/mol. The van der Waals surface area contributed by atoms with Crippen LogP contribution in [0.2, 0.25) is 10.0 Å². The molecule has 0 aliphatic heterocycles. The second-order valence-electron chi connectivity index (χ2n) is 4.78. The lowest BCUT2D eigenvalue weighted by atomic mass is 10.1. The summed E-state index contributed by atoms with van der Waals surface area (Å²) in [5.41, 5.74) is 0.783. The number of carbonyl (C=O) groups is 1. The molecule has 0 saturated heterocycles. The zero-order chi connectivity index (χ0) is 16.8. The van der Waals surface area contributed by atoms with Crippen LogP contribution in [0.5, 0.6) is 0 Å². The monoisotopic (exact) mass is 433 g/mol. The second kappa shape index (κ2) is 8.83. The molecule has 2 aromatic carbocycles. The van der Waals surface area contributed by atoms with Gasteiger partial charge >= 0.3 is 0 Å². The van der Waals surface area contributed by atoms with Crippen LogP contribution in [-0.2, 0) is 22.0 Å². The van der Waals surface area contributed by atoms with Crippen LogP contribution >= 0.6 is 39.1 Å². The van der Waals surface area contributed by atoms with Gasteiger partial charge in [-0.15, -0.1) is 0 Å². The van der Waals surface area contributed by atoms with E-state index < -0.39 is 10.8 Å². The highest BCUT2D eigenvalue weighted by Crippen LogP contribution is 2.22. The first kappa shape index (κ1) is 18.5. The predicted molar refractivity (Wildman–Crippen MR) is 98.6 cm³/mol. The van der Waals surface area contributed by atoms with Gasteiger partial charge < -0.3 is 5.32 Å². The van der Waals surface area contributed by atoms with E-state index in [1.54, 1.807) is 30.3 Å². The molecule has 2 aromatic rings. The van der Waals surface area contributed by atoms with E-state index in [1.165, 1.54) is 0 Å². The maximum Gasteiger partial charge on any atom is 0.224 e. The van der Waals surface area contributed by atoms with Crippen molar-refractivity contribution in [1.29, 1.82) is 0 Å². The van der Waals surface area contributed by atoms with Crippen LogP contribution < -0.4 is 5.32 Å². The molecule has 0 aromatic heterocycles. The van der Waals surface area contributed by atoms with E-state index in [9.17, 15) is 9.00 Å². The van der Waals surface area contributed by atoms with Crippen LogP contribution in [0.15, 0.2) is 51.8 Å². The van der Waals surface area contributed by atoms with Crippen molar-refractivity contribution in [2.75, 3.05) is 12.3 Å². The number of nitrogens with one attached hydrogen (secondary N) is 1. The van der Waals surface area contributed by atoms with E-state index >= 15 is 0 Å². The average Bonchev–Trinajstić information content (AvgIpc) is 2.51. The Morgan fingerprint density at radius 2 is 1.78 bits per heavy atom. The van der Waals surface area contributed by atoms with Crippen molar-refractivity contribution >= 4 is 55.8 Å². The molecule has 0 unspecified atom stereocenters. The van der Waals surface area contributed by atoms with Crippen LogP contribution in [0.1, 0.15) is 5.56 Å². The minimum absolute atomic E-state index is 0.142. The summed E-state index contributed by atoms with van der Waals surface area (Å²) < 4.78 is 13.0. The van der Waals surface area contributed by atoms with Crippen molar-refractivity contribution in [2.45, 2.75) is 11.3 Å². The molecule has 0 bridgehead atoms. The SMILES string of the molecule is O=C(Cc1ccc(Cl)c(Cl)c1)NCC[S@](=O)c1ccc(Br)cc1. The molecular weight excluding hydrogens is 421 g/mol. The lowest BCUT2D eigenvalue weighted by Crippen LogP contribution is -2.29. The van der Waals surface area contributed by atoms with Gasteiger partial charge in [0.1, 0.15) is 0 Å². The third kappa shape index (κ3) is 5.92. The fourth-order valence-corrected chi connectivity index (χ4v) is 3.43. The van der Waals surface area contributed by atoms with E-state index in [0.29, 0.717) is 22.3 Å². The summed E-state index contributed by atoms with van der Waals surface area (Å²) in [5, 5.41) is 3.64. The molecule has 0 spiro atoms. The number of hydrogen-bond donors (Lipinski definition) is 1. The molecule has 1 N–H and O–H groups in total. The van der Waals surface area contributed by atoms with Crippen LogP contribution in [0.4, 0.5) is 0 Å². The third-order valence-electron chi connectivity index (χ3n) is 3.03. The minimum Gasteiger partial charge on any atom is -0.355 e. The summed E-state index contributed by atoms with van der Waals surface area (Å²) in [5.74, 6) is 0.227. The van der Waals surface area contributed by atoms with Gasteiger partial charge in [-0.1, -0.05) is 45.2 Å². The number of hydrogen-bond acceptors (Lipinski definition) is 2. The Labute approximate surface area is 156 Å². The van der Waals surface area contributed by atoms with Gasteiger partial charge in [-0.05, 0) is 42.0 Å². The fourth-order valence-electron chi connectivity index (χ4n) is 1.88. The van der Waals surface area contributed by atoms with Gasteiger partial charge in [-0.25, -0.2) is 0 Å². The minimum atomic E-state index is -1.14. The Morgan fingerprint density at radius 3 is 2.43 bits per heavy atom. The molecule has 0 radical (unpaired) electrons. The zero-order valence-corrected chi connectivity index (χ0v) is 15.9. The normalized spacial score (nSPS) is 12.0. The number of halogens is 3. The highest BCUT2D eigenvalue weighted by atomic mass is 79.9. The first-order valence-corrected chi connectivity index (χ1v) is 9.67. The standard InChI is InChI=1S/C16H14BrCl2NO2S/c17-12-2-4-13(5-3-12)23(22)8-7-20-16(21)10-11-1-6-14(18)15(19)9-11/h1-6,9H,7-8,10H2,(H,20,21)/t23-/m0/s1. The Morgan fingerprint density at radius 1 is 1.09 bits per heavy atom. The molecule has 0 fully saturated rings. The summed E-state index contributed by atoms with van der Waals surface area (Å²) >= 11 is 15.1. The van der Waals surface area contributed by atoms with E-state index in [-0.39, 0.29) is 12.3 Å². The topological polar surface area (TPSA) is 46.2 Å². The number of benzene rings is 2. The van der Waals surface area contributed by atoms with Crippen molar-refractivity contribution in [3.05, 3.63) is 62.5 Å². The first-order valence-electron chi connectivity index (χ1n) is 6.80.